The highest BCUT2D eigenvalue weighted by Gasteiger charge is 2.19. The van der Waals surface area contributed by atoms with Crippen LogP contribution in [0.2, 0.25) is 0 Å². The fraction of sp³-hybridized carbons (Fsp3) is 0.471. The molecule has 0 saturated carbocycles. The van der Waals surface area contributed by atoms with Crippen LogP contribution in [0.4, 0.5) is 5.69 Å². The summed E-state index contributed by atoms with van der Waals surface area (Å²) in [5, 5.41) is 0. The number of anilines is 1. The molecule has 2 aromatic heterocycles. The van der Waals surface area contributed by atoms with Crippen LogP contribution in [0, 0.1) is 13.8 Å². The van der Waals surface area contributed by atoms with Gasteiger partial charge in [-0.25, -0.2) is 0 Å². The van der Waals surface area contributed by atoms with Crippen LogP contribution in [0.15, 0.2) is 24.3 Å². The van der Waals surface area contributed by atoms with Crippen molar-refractivity contribution in [1.29, 1.82) is 0 Å². The Morgan fingerprint density at radius 2 is 1.59 bits per heavy atom. The summed E-state index contributed by atoms with van der Waals surface area (Å²) in [6.45, 7) is 8.34. The Labute approximate surface area is 132 Å². The van der Waals surface area contributed by atoms with Crippen LogP contribution in [0.3, 0.4) is 0 Å². The number of methoxy groups -OCH3 is 1. The van der Waals surface area contributed by atoms with Gasteiger partial charge in [0.05, 0.1) is 7.11 Å². The second-order valence-corrected chi connectivity index (χ2v) is 5.94. The van der Waals surface area contributed by atoms with E-state index in [9.17, 15) is 0 Å². The third-order valence-electron chi connectivity index (χ3n) is 4.36. The topological polar surface area (TPSA) is 33.5 Å². The van der Waals surface area contributed by atoms with Gasteiger partial charge in [-0.15, -0.1) is 0 Å². The average Bonchev–Trinajstić information content (AvgIpc) is 2.86. The number of aromatic nitrogens is 2. The normalized spacial score (nSPS) is 16.1. The zero-order valence-corrected chi connectivity index (χ0v) is 13.8. The Kier molecular flexibility index (Phi) is 4.07. The Balaban J connectivity index is 1.94. The van der Waals surface area contributed by atoms with Gasteiger partial charge < -0.3 is 19.1 Å². The van der Waals surface area contributed by atoms with Crippen LogP contribution in [0.25, 0.3) is 5.82 Å². The molecule has 1 aliphatic rings. The van der Waals surface area contributed by atoms with E-state index in [2.05, 4.69) is 59.5 Å². The number of hydrogen-bond acceptors (Lipinski definition) is 4. The third-order valence-corrected chi connectivity index (χ3v) is 4.36. The quantitative estimate of drug-likeness (QED) is 0.870. The predicted octanol–water partition coefficient (Wildman–Crippen LogP) is 2.25. The Bertz CT molecular complexity index is 637. The molecule has 118 valence electrons. The Morgan fingerprint density at radius 1 is 0.955 bits per heavy atom. The maximum absolute atomic E-state index is 5.56. The SMILES string of the molecule is COc1nc(-n2c(C)ccc2C)ccc1N1CCN(C)CC1. The van der Waals surface area contributed by atoms with Gasteiger partial charge in [0.15, 0.2) is 0 Å². The second kappa shape index (κ2) is 6.01. The largest absolute Gasteiger partial charge is 0.479 e. The molecule has 3 rings (SSSR count). The molecule has 1 saturated heterocycles. The third kappa shape index (κ3) is 2.68. The van der Waals surface area contributed by atoms with Gasteiger partial charge in [0.25, 0.3) is 0 Å². The number of piperazine rings is 1. The summed E-state index contributed by atoms with van der Waals surface area (Å²) >= 11 is 0. The van der Waals surface area contributed by atoms with Gasteiger partial charge in [-0.2, -0.15) is 4.98 Å². The first kappa shape index (κ1) is 14.9. The van der Waals surface area contributed by atoms with E-state index in [0.29, 0.717) is 5.88 Å². The molecular weight excluding hydrogens is 276 g/mol. The number of hydrogen-bond donors (Lipinski definition) is 0. The van der Waals surface area contributed by atoms with E-state index in [0.717, 1.165) is 37.7 Å². The van der Waals surface area contributed by atoms with Crippen molar-refractivity contribution in [2.24, 2.45) is 0 Å². The molecule has 0 N–H and O–H groups in total. The molecule has 2 aromatic rings. The van der Waals surface area contributed by atoms with E-state index in [4.69, 9.17) is 9.72 Å². The second-order valence-electron chi connectivity index (χ2n) is 5.94. The van der Waals surface area contributed by atoms with Crippen LogP contribution in [-0.2, 0) is 0 Å². The minimum Gasteiger partial charge on any atom is -0.479 e. The Morgan fingerprint density at radius 3 is 2.18 bits per heavy atom. The van der Waals surface area contributed by atoms with Crippen molar-refractivity contribution in [2.75, 3.05) is 45.2 Å². The van der Waals surface area contributed by atoms with E-state index in [1.807, 2.05) is 0 Å². The van der Waals surface area contributed by atoms with E-state index in [1.54, 1.807) is 7.11 Å². The zero-order valence-electron chi connectivity index (χ0n) is 13.8. The fourth-order valence-corrected chi connectivity index (χ4v) is 3.02. The van der Waals surface area contributed by atoms with Crippen LogP contribution in [0.1, 0.15) is 11.4 Å². The lowest BCUT2D eigenvalue weighted by Crippen LogP contribution is -2.44. The van der Waals surface area contributed by atoms with Crippen LogP contribution >= 0.6 is 0 Å². The Hall–Kier alpha value is -2.01. The van der Waals surface area contributed by atoms with Crippen molar-refractivity contribution < 1.29 is 4.74 Å². The minimum atomic E-state index is 0.703. The van der Waals surface area contributed by atoms with E-state index < -0.39 is 0 Å². The van der Waals surface area contributed by atoms with Crippen LogP contribution in [0.5, 0.6) is 5.88 Å². The van der Waals surface area contributed by atoms with Crippen molar-refractivity contribution in [2.45, 2.75) is 13.8 Å². The predicted molar refractivity (Wildman–Crippen MR) is 89.3 cm³/mol. The van der Waals surface area contributed by atoms with E-state index in [-0.39, 0.29) is 0 Å². The number of likely N-dealkylation sites (N-methyl/N-ethyl adjacent to an activating group) is 1. The lowest BCUT2D eigenvalue weighted by Gasteiger charge is -2.34. The number of pyridine rings is 1. The first-order valence-electron chi connectivity index (χ1n) is 7.74. The minimum absolute atomic E-state index is 0.703. The molecule has 0 unspecified atom stereocenters. The molecule has 0 aromatic carbocycles. The molecule has 0 spiro atoms. The van der Waals surface area contributed by atoms with Gasteiger partial charge in [-0.05, 0) is 45.2 Å². The lowest BCUT2D eigenvalue weighted by atomic mass is 10.2. The van der Waals surface area contributed by atoms with Gasteiger partial charge in [-0.3, -0.25) is 0 Å². The zero-order chi connectivity index (χ0) is 15.7. The van der Waals surface area contributed by atoms with Crippen molar-refractivity contribution in [3.05, 3.63) is 35.7 Å². The molecule has 22 heavy (non-hydrogen) atoms. The van der Waals surface area contributed by atoms with Crippen molar-refractivity contribution in [3.63, 3.8) is 0 Å². The van der Waals surface area contributed by atoms with E-state index in [1.165, 1.54) is 11.4 Å². The molecule has 5 nitrogen and oxygen atoms in total. The molecule has 5 heteroatoms. The molecule has 0 aliphatic carbocycles. The van der Waals surface area contributed by atoms with Gasteiger partial charge in [0, 0.05) is 37.6 Å². The standard InChI is InChI=1S/C17H24N4O/c1-13-5-6-14(2)21(13)16-8-7-15(17(18-16)22-4)20-11-9-19(3)10-12-20/h5-8H,9-12H2,1-4H3. The molecule has 0 radical (unpaired) electrons. The molecule has 3 heterocycles. The molecular formula is C17H24N4O. The first-order chi connectivity index (χ1) is 10.6. The molecule has 0 atom stereocenters. The highest BCUT2D eigenvalue weighted by molar-refractivity contribution is 5.57. The highest BCUT2D eigenvalue weighted by atomic mass is 16.5. The summed E-state index contributed by atoms with van der Waals surface area (Å²) in [4.78, 5) is 9.43. The van der Waals surface area contributed by atoms with Crippen LogP contribution < -0.4 is 9.64 Å². The van der Waals surface area contributed by atoms with Gasteiger partial charge in [-0.1, -0.05) is 0 Å². The first-order valence-corrected chi connectivity index (χ1v) is 7.74. The van der Waals surface area contributed by atoms with E-state index >= 15 is 0 Å². The molecule has 1 fully saturated rings. The van der Waals surface area contributed by atoms with Crippen molar-refractivity contribution >= 4 is 5.69 Å². The maximum atomic E-state index is 5.56. The lowest BCUT2D eigenvalue weighted by molar-refractivity contribution is 0.310. The summed E-state index contributed by atoms with van der Waals surface area (Å²) in [6, 6.07) is 8.43. The van der Waals surface area contributed by atoms with Gasteiger partial charge in [0.2, 0.25) is 5.88 Å². The number of aryl methyl sites for hydroxylation is 2. The number of ether oxygens (including phenoxy) is 1. The highest BCUT2D eigenvalue weighted by Crippen LogP contribution is 2.29. The number of nitrogens with zero attached hydrogens (tertiary/aromatic N) is 4. The number of rotatable bonds is 3. The van der Waals surface area contributed by atoms with Gasteiger partial charge >= 0.3 is 0 Å². The summed E-state index contributed by atoms with van der Waals surface area (Å²) in [5.74, 6) is 1.62. The van der Waals surface area contributed by atoms with Crippen molar-refractivity contribution in [1.82, 2.24) is 14.5 Å². The monoisotopic (exact) mass is 300 g/mol. The smallest absolute Gasteiger partial charge is 0.239 e. The van der Waals surface area contributed by atoms with Crippen LogP contribution in [-0.4, -0.2) is 54.8 Å². The molecule has 1 aliphatic heterocycles. The maximum Gasteiger partial charge on any atom is 0.239 e. The summed E-state index contributed by atoms with van der Waals surface area (Å²) in [7, 11) is 3.86. The molecule has 0 amide bonds. The average molecular weight is 300 g/mol. The molecule has 0 bridgehead atoms. The summed E-state index contributed by atoms with van der Waals surface area (Å²) in [5.41, 5.74) is 3.45. The van der Waals surface area contributed by atoms with Gasteiger partial charge in [0.1, 0.15) is 11.5 Å². The summed E-state index contributed by atoms with van der Waals surface area (Å²) < 4.78 is 7.71. The van der Waals surface area contributed by atoms with Crippen molar-refractivity contribution in [3.8, 4) is 11.7 Å². The summed E-state index contributed by atoms with van der Waals surface area (Å²) in [6.07, 6.45) is 0. The fourth-order valence-electron chi connectivity index (χ4n) is 3.02.